The zero-order valence-electron chi connectivity index (χ0n) is 15.7. The van der Waals surface area contributed by atoms with Gasteiger partial charge in [0.25, 0.3) is 0 Å². The predicted octanol–water partition coefficient (Wildman–Crippen LogP) is 3.94. The highest BCUT2D eigenvalue weighted by Gasteiger charge is 2.55. The van der Waals surface area contributed by atoms with Crippen LogP contribution in [0.5, 0.6) is 0 Å². The van der Waals surface area contributed by atoms with Gasteiger partial charge in [-0.1, -0.05) is 32.0 Å². The van der Waals surface area contributed by atoms with Gasteiger partial charge in [0.2, 0.25) is 0 Å². The number of hydrogen-bond donors (Lipinski definition) is 0. The summed E-state index contributed by atoms with van der Waals surface area (Å²) in [5.41, 5.74) is -0.414. The Kier molecular flexibility index (Phi) is 5.85. The Hall–Kier alpha value is 0.162. The van der Waals surface area contributed by atoms with Gasteiger partial charge in [-0.15, -0.1) is 0 Å². The molecule has 5 heteroatoms. The maximum Gasteiger partial charge on any atom is 0.462 e. The summed E-state index contributed by atoms with van der Waals surface area (Å²) < 4.78 is 12.8. The third-order valence-electron chi connectivity index (χ3n) is 6.18. The summed E-state index contributed by atoms with van der Waals surface area (Å²) in [5, 5.41) is 0. The molecule has 2 saturated heterocycles. The van der Waals surface area contributed by atoms with E-state index in [9.17, 15) is 0 Å². The quantitative estimate of drug-likeness (QED) is 0.715. The summed E-state index contributed by atoms with van der Waals surface area (Å²) in [6, 6.07) is 4.22. The van der Waals surface area contributed by atoms with Gasteiger partial charge >= 0.3 is 7.12 Å². The van der Waals surface area contributed by atoms with E-state index < -0.39 is 0 Å². The normalized spacial score (nSPS) is 31.9. The van der Waals surface area contributed by atoms with Crippen LogP contribution in [-0.4, -0.2) is 52.2 Å². The first-order chi connectivity index (χ1) is 10.2. The molecule has 0 aromatic heterocycles. The van der Waals surface area contributed by atoms with E-state index >= 15 is 0 Å². The van der Waals surface area contributed by atoms with Gasteiger partial charge in [0.1, 0.15) is 0 Å². The van der Waals surface area contributed by atoms with Crippen LogP contribution in [0.2, 0.25) is 23.9 Å². The maximum atomic E-state index is 6.39. The lowest BCUT2D eigenvalue weighted by molar-refractivity contribution is 0.00578. The van der Waals surface area contributed by atoms with Crippen LogP contribution in [0.3, 0.4) is 0 Å². The molecule has 1 radical (unpaired) electrons. The second-order valence-corrected chi connectivity index (χ2v) is 11.6. The van der Waals surface area contributed by atoms with Crippen molar-refractivity contribution in [2.75, 3.05) is 20.1 Å². The van der Waals surface area contributed by atoms with Crippen LogP contribution < -0.4 is 0 Å². The lowest BCUT2D eigenvalue weighted by atomic mass is 9.63. The van der Waals surface area contributed by atoms with Gasteiger partial charge in [-0.2, -0.15) is 0 Å². The summed E-state index contributed by atoms with van der Waals surface area (Å²) in [6.07, 6.45) is 1.30. The fraction of sp³-hybridized carbons (Fsp3) is 1.00. The molecule has 0 amide bonds. The second kappa shape index (κ2) is 6.96. The van der Waals surface area contributed by atoms with E-state index in [-0.39, 0.29) is 27.1 Å². The molecule has 127 valence electrons. The monoisotopic (exact) mass is 324 g/mol. The van der Waals surface area contributed by atoms with E-state index in [4.69, 9.17) is 9.31 Å². The molecule has 22 heavy (non-hydrogen) atoms. The molecule has 0 N–H and O–H groups in total. The van der Waals surface area contributed by atoms with Crippen molar-refractivity contribution in [3.63, 3.8) is 0 Å². The zero-order chi connectivity index (χ0) is 16.5. The number of rotatable bonds is 5. The van der Waals surface area contributed by atoms with Crippen LogP contribution in [0.15, 0.2) is 0 Å². The molecule has 2 fully saturated rings. The molecule has 0 spiro atoms. The van der Waals surface area contributed by atoms with Crippen molar-refractivity contribution in [2.24, 2.45) is 5.92 Å². The summed E-state index contributed by atoms with van der Waals surface area (Å²) in [7, 11) is 2.02. The summed E-state index contributed by atoms with van der Waals surface area (Å²) >= 11 is 0. The van der Waals surface area contributed by atoms with Gasteiger partial charge in [-0.25, -0.2) is 0 Å². The lowest BCUT2D eigenvalue weighted by Crippen LogP contribution is -2.44. The fourth-order valence-corrected chi connectivity index (χ4v) is 6.06. The van der Waals surface area contributed by atoms with Crippen molar-refractivity contribution >= 4 is 15.9 Å². The number of likely N-dealkylation sites (tertiary alicyclic amines) is 1. The molecular formula is C17H35BNO2Si. The minimum absolute atomic E-state index is 0.0327. The van der Waals surface area contributed by atoms with Crippen molar-refractivity contribution in [1.82, 2.24) is 4.90 Å². The first kappa shape index (κ1) is 18.5. The van der Waals surface area contributed by atoms with Gasteiger partial charge in [0.05, 0.1) is 11.2 Å². The highest BCUT2D eigenvalue weighted by molar-refractivity contribution is 6.59. The molecule has 2 heterocycles. The third kappa shape index (κ3) is 3.80. The molecule has 0 aromatic rings. The van der Waals surface area contributed by atoms with Gasteiger partial charge in [0.15, 0.2) is 0 Å². The molecule has 2 atom stereocenters. The molecule has 0 unspecified atom stereocenters. The summed E-state index contributed by atoms with van der Waals surface area (Å²) in [4.78, 5) is 2.45. The van der Waals surface area contributed by atoms with Crippen LogP contribution in [0.25, 0.3) is 0 Å². The highest BCUT2D eigenvalue weighted by Crippen LogP contribution is 2.45. The summed E-state index contributed by atoms with van der Waals surface area (Å²) in [6.45, 7) is 15.8. The molecule has 0 bridgehead atoms. The van der Waals surface area contributed by atoms with Crippen molar-refractivity contribution in [1.29, 1.82) is 0 Å². The smallest absolute Gasteiger partial charge is 0.403 e. The number of hydrogen-bond acceptors (Lipinski definition) is 3. The van der Waals surface area contributed by atoms with E-state index in [0.29, 0.717) is 5.82 Å². The highest BCUT2D eigenvalue weighted by atomic mass is 28.3. The Morgan fingerprint density at radius 1 is 1.09 bits per heavy atom. The molecule has 2 rings (SSSR count). The maximum absolute atomic E-state index is 6.39. The largest absolute Gasteiger partial charge is 0.462 e. The lowest BCUT2D eigenvalue weighted by Gasteiger charge is -2.39. The Morgan fingerprint density at radius 3 is 2.14 bits per heavy atom. The third-order valence-corrected chi connectivity index (χ3v) is 9.28. The minimum Gasteiger partial charge on any atom is -0.403 e. The van der Waals surface area contributed by atoms with Crippen molar-refractivity contribution in [3.05, 3.63) is 0 Å². The molecule has 2 aliphatic rings. The Balaban J connectivity index is 2.11. The van der Waals surface area contributed by atoms with E-state index in [0.717, 1.165) is 12.5 Å². The van der Waals surface area contributed by atoms with Gasteiger partial charge in [-0.3, -0.25) is 0 Å². The first-order valence-electron chi connectivity index (χ1n) is 9.08. The fourth-order valence-electron chi connectivity index (χ4n) is 3.74. The van der Waals surface area contributed by atoms with Crippen LogP contribution >= 0.6 is 0 Å². The Labute approximate surface area is 139 Å². The zero-order valence-corrected chi connectivity index (χ0v) is 16.7. The van der Waals surface area contributed by atoms with Crippen LogP contribution in [-0.2, 0) is 9.31 Å². The van der Waals surface area contributed by atoms with Gasteiger partial charge in [-0.05, 0) is 60.2 Å². The summed E-state index contributed by atoms with van der Waals surface area (Å²) in [5.74, 6) is 1.30. The van der Waals surface area contributed by atoms with E-state index in [2.05, 4.69) is 53.5 Å². The number of nitrogens with zero attached hydrogens (tertiary/aromatic N) is 1. The molecule has 0 aliphatic carbocycles. The Morgan fingerprint density at radius 2 is 1.64 bits per heavy atom. The van der Waals surface area contributed by atoms with Crippen LogP contribution in [0, 0.1) is 5.92 Å². The first-order valence-corrected chi connectivity index (χ1v) is 11.2. The minimum atomic E-state index is -0.207. The van der Waals surface area contributed by atoms with Crippen molar-refractivity contribution in [3.8, 4) is 0 Å². The SMILES string of the molecule is CC[Si](CC)C[C@@H]1CCN(C)C[C@H]1B1OC(C)(C)C(C)(C)O1. The van der Waals surface area contributed by atoms with Crippen molar-refractivity contribution in [2.45, 2.75) is 83.1 Å². The molecule has 0 saturated carbocycles. The number of piperidine rings is 1. The molecule has 2 aliphatic heterocycles. The average molecular weight is 324 g/mol. The van der Waals surface area contributed by atoms with Gasteiger partial charge in [0, 0.05) is 14.6 Å². The van der Waals surface area contributed by atoms with E-state index in [1.165, 1.54) is 31.1 Å². The molecule has 3 nitrogen and oxygen atoms in total. The molecule has 0 aromatic carbocycles. The van der Waals surface area contributed by atoms with Gasteiger partial charge < -0.3 is 14.2 Å². The second-order valence-electron chi connectivity index (χ2n) is 8.26. The van der Waals surface area contributed by atoms with Crippen molar-refractivity contribution < 1.29 is 9.31 Å². The van der Waals surface area contributed by atoms with Crippen LogP contribution in [0.1, 0.15) is 48.0 Å². The predicted molar refractivity (Wildman–Crippen MR) is 97.0 cm³/mol. The topological polar surface area (TPSA) is 21.7 Å². The average Bonchev–Trinajstić information content (AvgIpc) is 2.66. The standard InChI is InChI=1S/C17H35BNO2Si/c1-8-22(9-2)13-14-10-11-19(7)12-15(14)18-20-16(3,4)17(5,6)21-18/h14-15H,8-13H2,1-7H3/t14-,15+/m0/s1. The van der Waals surface area contributed by atoms with E-state index in [1.54, 1.807) is 0 Å². The molecular weight excluding hydrogens is 289 g/mol. The van der Waals surface area contributed by atoms with E-state index in [1.807, 2.05) is 0 Å². The Bertz CT molecular complexity index is 358. The van der Waals surface area contributed by atoms with Crippen LogP contribution in [0.4, 0.5) is 0 Å².